The Morgan fingerprint density at radius 2 is 1.48 bits per heavy atom. The Kier molecular flexibility index (Phi) is 6.86. The van der Waals surface area contributed by atoms with Gasteiger partial charge in [0, 0.05) is 23.7 Å². The molecule has 3 aliphatic heterocycles. The van der Waals surface area contributed by atoms with E-state index in [1.54, 1.807) is 0 Å². The second kappa shape index (κ2) is 9.85. The van der Waals surface area contributed by atoms with Gasteiger partial charge in [-0.25, -0.2) is 28.4 Å². The molecule has 0 spiro atoms. The van der Waals surface area contributed by atoms with E-state index in [-0.39, 0.29) is 10.6 Å². The summed E-state index contributed by atoms with van der Waals surface area (Å²) in [5, 5.41) is 0.501. The molecule has 2 aromatic carbocycles. The highest BCUT2D eigenvalue weighted by atomic mass is 19.4. The van der Waals surface area contributed by atoms with Gasteiger partial charge in [0.05, 0.1) is 0 Å². The van der Waals surface area contributed by atoms with Crippen LogP contribution >= 0.6 is 0 Å². The molecule has 9 nitrogen and oxygen atoms in total. The minimum atomic E-state index is -5.77. The molecule has 44 heavy (non-hydrogen) atoms. The van der Waals surface area contributed by atoms with Crippen molar-refractivity contribution in [1.29, 1.82) is 0 Å². The number of alkyl halides is 6. The van der Waals surface area contributed by atoms with Crippen molar-refractivity contribution in [2.45, 2.75) is 43.1 Å². The largest absolute Gasteiger partial charge is 0.491 e. The van der Waals surface area contributed by atoms with E-state index in [0.29, 0.717) is 17.3 Å². The minimum absolute atomic E-state index is 0.195. The first kappa shape index (κ1) is 30.6. The average molecular weight is 632 g/mol. The molecule has 0 aromatic heterocycles. The number of hydrogen-bond donors (Lipinski definition) is 0. The number of fused-ring (bicyclic) bond motifs is 5. The van der Waals surface area contributed by atoms with Crippen LogP contribution in [-0.2, 0) is 45.5 Å². The number of nitrogens with zero attached hydrogens (tertiary/aromatic N) is 2. The molecule has 232 valence electrons. The molecular formula is C27H16F8N2O7. The standard InChI is InChI=1S/C27H16F8N2O7/c1-12-7-8-15(28)14(18(12)29)11-24(43-22(41)26(30,31)32)17-16(38)9-10-36(24)37-19(17)20(39)25(21(37)40,13-5-3-2-4-6-13)44-23(42)27(33,34)35/h2-10,17,19H,11H2,1H3. The molecule has 0 radical (unpaired) electrons. The van der Waals surface area contributed by atoms with Crippen molar-refractivity contribution in [2.24, 2.45) is 5.92 Å². The van der Waals surface area contributed by atoms with Gasteiger partial charge in [0.25, 0.3) is 11.5 Å². The van der Waals surface area contributed by atoms with E-state index >= 15 is 4.39 Å². The third-order valence-corrected chi connectivity index (χ3v) is 7.46. The summed E-state index contributed by atoms with van der Waals surface area (Å²) in [5.41, 5.74) is -8.42. The predicted molar refractivity (Wildman–Crippen MR) is 125 cm³/mol. The molecule has 2 fully saturated rings. The SMILES string of the molecule is Cc1ccc(F)c(CC2(OC(=O)C(F)(F)F)C3C(=O)C=CN2N2C(=O)C(OC(=O)C(F)(F)F)(c4ccccc4)C(=O)C32)c1F. The molecule has 2 saturated heterocycles. The van der Waals surface area contributed by atoms with E-state index in [0.717, 1.165) is 43.3 Å². The van der Waals surface area contributed by atoms with Crippen molar-refractivity contribution in [3.05, 3.63) is 83.1 Å². The Morgan fingerprint density at radius 3 is 2.07 bits per heavy atom. The van der Waals surface area contributed by atoms with Crippen molar-refractivity contribution < 1.29 is 68.6 Å². The Labute approximate surface area is 240 Å². The number of allylic oxidation sites excluding steroid dienone is 1. The number of esters is 2. The Hall–Kier alpha value is -4.83. The van der Waals surface area contributed by atoms with Crippen LogP contribution in [0.15, 0.2) is 54.7 Å². The van der Waals surface area contributed by atoms with Crippen molar-refractivity contribution in [3.63, 3.8) is 0 Å². The third kappa shape index (κ3) is 4.31. The molecule has 5 rings (SSSR count). The van der Waals surface area contributed by atoms with E-state index in [9.17, 15) is 54.7 Å². The highest BCUT2D eigenvalue weighted by Crippen LogP contribution is 2.54. The topological polar surface area (TPSA) is 110 Å². The van der Waals surface area contributed by atoms with Gasteiger partial charge in [-0.3, -0.25) is 14.4 Å². The van der Waals surface area contributed by atoms with E-state index < -0.39 is 94.2 Å². The van der Waals surface area contributed by atoms with Gasteiger partial charge >= 0.3 is 24.3 Å². The first-order chi connectivity index (χ1) is 20.4. The number of ether oxygens (including phenoxy) is 2. The highest BCUT2D eigenvalue weighted by Gasteiger charge is 2.78. The van der Waals surface area contributed by atoms with Crippen molar-refractivity contribution in [3.8, 4) is 0 Å². The summed E-state index contributed by atoms with van der Waals surface area (Å²) in [6.45, 7) is 1.15. The lowest BCUT2D eigenvalue weighted by Gasteiger charge is -2.44. The zero-order valence-corrected chi connectivity index (χ0v) is 21.8. The van der Waals surface area contributed by atoms with Crippen molar-refractivity contribution >= 4 is 29.4 Å². The molecular weight excluding hydrogens is 616 g/mol. The first-order valence-corrected chi connectivity index (χ1v) is 12.4. The lowest BCUT2D eigenvalue weighted by molar-refractivity contribution is -0.241. The fourth-order valence-corrected chi connectivity index (χ4v) is 5.61. The van der Waals surface area contributed by atoms with Crippen LogP contribution in [0.4, 0.5) is 35.1 Å². The summed E-state index contributed by atoms with van der Waals surface area (Å²) in [7, 11) is 0. The van der Waals surface area contributed by atoms with Crippen LogP contribution in [0.2, 0.25) is 0 Å². The monoisotopic (exact) mass is 632 g/mol. The number of amides is 1. The Bertz CT molecular complexity index is 1640. The first-order valence-electron chi connectivity index (χ1n) is 12.4. The van der Waals surface area contributed by atoms with Gasteiger partial charge in [-0.05, 0) is 24.6 Å². The summed E-state index contributed by atoms with van der Waals surface area (Å²) in [5.74, 6) is -15.9. The summed E-state index contributed by atoms with van der Waals surface area (Å²) >= 11 is 0. The highest BCUT2D eigenvalue weighted by molar-refractivity contribution is 6.21. The fourth-order valence-electron chi connectivity index (χ4n) is 5.61. The van der Waals surface area contributed by atoms with Crippen LogP contribution in [0, 0.1) is 24.5 Å². The van der Waals surface area contributed by atoms with Crippen molar-refractivity contribution in [1.82, 2.24) is 10.0 Å². The zero-order chi connectivity index (χ0) is 32.6. The predicted octanol–water partition coefficient (Wildman–Crippen LogP) is 3.34. The molecule has 4 atom stereocenters. The van der Waals surface area contributed by atoms with Gasteiger partial charge < -0.3 is 9.47 Å². The van der Waals surface area contributed by atoms with Gasteiger partial charge in [0.2, 0.25) is 11.5 Å². The second-order valence-corrected chi connectivity index (χ2v) is 10.00. The van der Waals surface area contributed by atoms with Crippen molar-refractivity contribution in [2.75, 3.05) is 0 Å². The summed E-state index contributed by atoms with van der Waals surface area (Å²) in [6.07, 6.45) is -11.7. The number of benzene rings is 2. The van der Waals surface area contributed by atoms with Crippen LogP contribution in [0.25, 0.3) is 0 Å². The molecule has 2 bridgehead atoms. The summed E-state index contributed by atoms with van der Waals surface area (Å²) in [6, 6.07) is 4.85. The molecule has 0 N–H and O–H groups in total. The van der Waals surface area contributed by atoms with Gasteiger partial charge in [0.1, 0.15) is 23.6 Å². The Balaban J connectivity index is 1.74. The molecule has 2 aromatic rings. The number of halogens is 8. The van der Waals surface area contributed by atoms with Crippen LogP contribution < -0.4 is 0 Å². The van der Waals surface area contributed by atoms with Crippen LogP contribution in [0.1, 0.15) is 16.7 Å². The Morgan fingerprint density at radius 1 is 0.886 bits per heavy atom. The summed E-state index contributed by atoms with van der Waals surface area (Å²) < 4.78 is 120. The lowest BCUT2D eigenvalue weighted by atomic mass is 9.76. The number of Topliss-reactive ketones (excluding diaryl/α,β-unsaturated/α-hetero) is 1. The minimum Gasteiger partial charge on any atom is -0.429 e. The van der Waals surface area contributed by atoms with Gasteiger partial charge in [-0.1, -0.05) is 36.4 Å². The number of ketones is 2. The maximum atomic E-state index is 15.1. The van der Waals surface area contributed by atoms with E-state index in [4.69, 9.17) is 4.74 Å². The molecule has 0 aliphatic carbocycles. The van der Waals surface area contributed by atoms with Crippen LogP contribution in [0.5, 0.6) is 0 Å². The summed E-state index contributed by atoms with van der Waals surface area (Å²) in [4.78, 5) is 65.6. The quantitative estimate of drug-likeness (QED) is 0.281. The number of rotatable bonds is 5. The molecule has 4 unspecified atom stereocenters. The van der Waals surface area contributed by atoms with E-state index in [1.165, 1.54) is 6.07 Å². The number of aryl methyl sites for hydroxylation is 1. The molecule has 3 aliphatic rings. The fraction of sp³-hybridized carbons (Fsp3) is 0.296. The zero-order valence-electron chi connectivity index (χ0n) is 21.8. The maximum absolute atomic E-state index is 15.1. The molecule has 1 amide bonds. The molecule has 17 heteroatoms. The third-order valence-electron chi connectivity index (χ3n) is 7.46. The number of hydrazine groups is 1. The number of hydrogen-bond acceptors (Lipinski definition) is 8. The number of carbonyl (C=O) groups excluding carboxylic acids is 5. The second-order valence-electron chi connectivity index (χ2n) is 10.00. The normalized spacial score (nSPS) is 26.2. The number of carbonyl (C=O) groups is 5. The average Bonchev–Trinajstić information content (AvgIpc) is 3.25. The van der Waals surface area contributed by atoms with Gasteiger partial charge in [0.15, 0.2) is 5.78 Å². The van der Waals surface area contributed by atoms with E-state index in [2.05, 4.69) is 4.74 Å². The lowest BCUT2D eigenvalue weighted by Crippen LogP contribution is -2.61. The van der Waals surface area contributed by atoms with Gasteiger partial charge in [-0.2, -0.15) is 26.3 Å². The molecule has 0 saturated carbocycles. The van der Waals surface area contributed by atoms with Gasteiger partial charge in [-0.15, -0.1) is 0 Å². The maximum Gasteiger partial charge on any atom is 0.491 e. The van der Waals surface area contributed by atoms with Crippen LogP contribution in [0.3, 0.4) is 0 Å². The van der Waals surface area contributed by atoms with Crippen LogP contribution in [-0.4, -0.2) is 63.5 Å². The smallest absolute Gasteiger partial charge is 0.429 e. The van der Waals surface area contributed by atoms with E-state index in [1.807, 2.05) is 0 Å². The molecule has 3 heterocycles.